The fraction of sp³-hybridized carbons (Fsp3) is 0.150. The smallest absolute Gasteiger partial charge is 0.265 e. The van der Waals surface area contributed by atoms with Gasteiger partial charge in [-0.25, -0.2) is 15.2 Å². The third kappa shape index (κ3) is 5.63. The molecule has 0 saturated carbocycles. The van der Waals surface area contributed by atoms with E-state index in [0.29, 0.717) is 35.9 Å². The van der Waals surface area contributed by atoms with Crippen LogP contribution in [-0.2, 0) is 4.74 Å². The number of aromatic nitrogens is 2. The van der Waals surface area contributed by atoms with Crippen LogP contribution in [0.1, 0.15) is 10.4 Å². The molecule has 0 aliphatic rings. The number of nitrogen functional groups attached to an aromatic ring is 1. The van der Waals surface area contributed by atoms with Crippen LogP contribution < -0.4 is 26.6 Å². The van der Waals surface area contributed by atoms with Crippen LogP contribution in [0.3, 0.4) is 0 Å². The van der Waals surface area contributed by atoms with Crippen molar-refractivity contribution in [3.05, 3.63) is 66.1 Å². The molecule has 0 saturated heterocycles. The van der Waals surface area contributed by atoms with Crippen LogP contribution in [0, 0.1) is 5.82 Å². The van der Waals surface area contributed by atoms with Crippen LogP contribution in [0.2, 0.25) is 0 Å². The van der Waals surface area contributed by atoms with Crippen LogP contribution in [0.5, 0.6) is 5.75 Å². The second-order valence-electron chi connectivity index (χ2n) is 6.06. The molecule has 0 radical (unpaired) electrons. The van der Waals surface area contributed by atoms with Gasteiger partial charge in [0.2, 0.25) is 5.95 Å². The molecule has 1 heterocycles. The average Bonchev–Trinajstić information content (AvgIpc) is 2.77. The molecule has 1 aromatic heterocycles. The van der Waals surface area contributed by atoms with Gasteiger partial charge >= 0.3 is 0 Å². The Labute approximate surface area is 172 Å². The number of carbonyl (C=O) groups excluding carboxylic acids is 1. The number of rotatable bonds is 9. The van der Waals surface area contributed by atoms with E-state index < -0.39 is 11.7 Å². The first-order valence-corrected chi connectivity index (χ1v) is 8.98. The van der Waals surface area contributed by atoms with Crippen molar-refractivity contribution in [1.82, 2.24) is 15.4 Å². The fourth-order valence-electron chi connectivity index (χ4n) is 2.45. The number of amides is 1. The van der Waals surface area contributed by atoms with Gasteiger partial charge in [0, 0.05) is 24.0 Å². The zero-order valence-corrected chi connectivity index (χ0v) is 16.2. The molecule has 0 spiro atoms. The minimum atomic E-state index is -0.619. The number of hydrogen-bond acceptors (Lipinski definition) is 8. The van der Waals surface area contributed by atoms with E-state index >= 15 is 0 Å². The maximum Gasteiger partial charge on any atom is 0.265 e. The third-order valence-corrected chi connectivity index (χ3v) is 3.95. The van der Waals surface area contributed by atoms with Crippen LogP contribution >= 0.6 is 0 Å². The summed E-state index contributed by atoms with van der Waals surface area (Å²) >= 11 is 0. The van der Waals surface area contributed by atoms with Crippen molar-refractivity contribution in [1.29, 1.82) is 0 Å². The first-order chi connectivity index (χ1) is 14.6. The van der Waals surface area contributed by atoms with Crippen molar-refractivity contribution in [3.8, 4) is 5.75 Å². The molecule has 30 heavy (non-hydrogen) atoms. The van der Waals surface area contributed by atoms with Crippen LogP contribution in [0.25, 0.3) is 0 Å². The second-order valence-corrected chi connectivity index (χ2v) is 6.06. The zero-order valence-electron chi connectivity index (χ0n) is 16.2. The maximum atomic E-state index is 14.1. The van der Waals surface area contributed by atoms with Gasteiger partial charge in [-0.2, -0.15) is 4.98 Å². The number of benzene rings is 2. The van der Waals surface area contributed by atoms with Crippen LogP contribution in [-0.4, -0.2) is 36.2 Å². The Hall–Kier alpha value is -3.76. The summed E-state index contributed by atoms with van der Waals surface area (Å²) < 4.78 is 24.6. The highest BCUT2D eigenvalue weighted by Gasteiger charge is 2.09. The van der Waals surface area contributed by atoms with Crippen molar-refractivity contribution in [2.75, 3.05) is 31.0 Å². The molecule has 156 valence electrons. The minimum Gasteiger partial charge on any atom is -0.491 e. The van der Waals surface area contributed by atoms with Gasteiger partial charge in [-0.15, -0.1) is 0 Å². The quantitative estimate of drug-likeness (QED) is 0.183. The lowest BCUT2D eigenvalue weighted by Gasteiger charge is -2.11. The topological polar surface area (TPSA) is 123 Å². The third-order valence-electron chi connectivity index (χ3n) is 3.95. The number of hydrazine groups is 1. The molecule has 10 heteroatoms. The molecule has 0 aliphatic heterocycles. The van der Waals surface area contributed by atoms with Gasteiger partial charge in [0.25, 0.3) is 5.91 Å². The average molecular weight is 412 g/mol. The number of methoxy groups -OCH3 is 1. The van der Waals surface area contributed by atoms with Crippen LogP contribution in [0.4, 0.5) is 27.5 Å². The number of nitrogens with one attached hydrogen (secondary N) is 3. The largest absolute Gasteiger partial charge is 0.491 e. The molecule has 2 aromatic carbocycles. The van der Waals surface area contributed by atoms with Gasteiger partial charge in [-0.3, -0.25) is 10.2 Å². The Balaban J connectivity index is 1.67. The van der Waals surface area contributed by atoms with Gasteiger partial charge in [-0.05, 0) is 48.5 Å². The van der Waals surface area contributed by atoms with E-state index in [0.717, 1.165) is 6.20 Å². The van der Waals surface area contributed by atoms with Crippen molar-refractivity contribution in [2.24, 2.45) is 5.84 Å². The van der Waals surface area contributed by atoms with Gasteiger partial charge in [0.15, 0.2) is 11.6 Å². The minimum absolute atomic E-state index is 0.0111. The van der Waals surface area contributed by atoms with Crippen molar-refractivity contribution in [2.45, 2.75) is 0 Å². The highest BCUT2D eigenvalue weighted by Crippen LogP contribution is 2.22. The SMILES string of the molecule is COCCOc1ccc(Nc2ncc(F)c(Nc3ccc(C(=O)NN)cc3)n2)cc1. The number of nitrogens with zero attached hydrogens (tertiary/aromatic N) is 2. The molecule has 1 amide bonds. The molecule has 0 aliphatic carbocycles. The first kappa shape index (κ1) is 21.0. The Morgan fingerprint density at radius 2 is 1.70 bits per heavy atom. The van der Waals surface area contributed by atoms with E-state index in [9.17, 15) is 9.18 Å². The number of nitrogens with two attached hydrogens (primary N) is 1. The molecule has 0 bridgehead atoms. The van der Waals surface area contributed by atoms with Crippen molar-refractivity contribution in [3.63, 3.8) is 0 Å². The lowest BCUT2D eigenvalue weighted by atomic mass is 10.2. The van der Waals surface area contributed by atoms with Gasteiger partial charge in [0.1, 0.15) is 12.4 Å². The first-order valence-electron chi connectivity index (χ1n) is 8.98. The predicted molar refractivity (Wildman–Crippen MR) is 110 cm³/mol. The number of carbonyl (C=O) groups is 1. The van der Waals surface area contributed by atoms with E-state index in [2.05, 4.69) is 20.6 Å². The molecular formula is C20H21FN6O3. The molecule has 3 aromatic rings. The van der Waals surface area contributed by atoms with E-state index in [4.69, 9.17) is 15.3 Å². The van der Waals surface area contributed by atoms with Crippen molar-refractivity contribution >= 4 is 29.0 Å². The standard InChI is InChI=1S/C20H21FN6O3/c1-29-10-11-30-16-8-6-15(7-9-16)25-20-23-12-17(21)18(26-20)24-14-4-2-13(3-5-14)19(28)27-22/h2-9,12H,10-11,22H2,1H3,(H,27,28)(H2,23,24,25,26). The summed E-state index contributed by atoms with van der Waals surface area (Å²) in [6, 6.07) is 13.5. The summed E-state index contributed by atoms with van der Waals surface area (Å²) in [4.78, 5) is 19.6. The van der Waals surface area contributed by atoms with E-state index in [1.54, 1.807) is 55.6 Å². The highest BCUT2D eigenvalue weighted by molar-refractivity contribution is 5.94. The van der Waals surface area contributed by atoms with Gasteiger partial charge in [0.05, 0.1) is 12.8 Å². The summed E-state index contributed by atoms with van der Waals surface area (Å²) in [7, 11) is 1.61. The summed E-state index contributed by atoms with van der Waals surface area (Å²) in [5.74, 6) is 4.96. The predicted octanol–water partition coefficient (Wildman–Crippen LogP) is 2.73. The highest BCUT2D eigenvalue weighted by atomic mass is 19.1. The monoisotopic (exact) mass is 412 g/mol. The summed E-state index contributed by atoms with van der Waals surface area (Å²) in [6.07, 6.45) is 1.07. The Bertz CT molecular complexity index is 983. The number of hydrogen-bond donors (Lipinski definition) is 4. The maximum absolute atomic E-state index is 14.1. The molecule has 0 atom stereocenters. The summed E-state index contributed by atoms with van der Waals surface area (Å²) in [5, 5.41) is 5.87. The van der Waals surface area contributed by atoms with E-state index in [1.165, 1.54) is 0 Å². The normalized spacial score (nSPS) is 10.4. The number of ether oxygens (including phenoxy) is 2. The lowest BCUT2D eigenvalue weighted by molar-refractivity contribution is 0.0953. The Morgan fingerprint density at radius 1 is 1.03 bits per heavy atom. The molecule has 0 fully saturated rings. The zero-order chi connectivity index (χ0) is 21.3. The molecule has 9 nitrogen and oxygen atoms in total. The van der Waals surface area contributed by atoms with Gasteiger partial charge in [-0.1, -0.05) is 0 Å². The molecule has 0 unspecified atom stereocenters. The number of anilines is 4. The summed E-state index contributed by atoms with van der Waals surface area (Å²) in [5.41, 5.74) is 3.68. The Morgan fingerprint density at radius 3 is 2.37 bits per heavy atom. The van der Waals surface area contributed by atoms with Crippen molar-refractivity contribution < 1.29 is 18.7 Å². The second kappa shape index (κ2) is 10.1. The van der Waals surface area contributed by atoms with E-state index in [-0.39, 0.29) is 11.8 Å². The number of halogens is 1. The molecule has 3 rings (SSSR count). The van der Waals surface area contributed by atoms with E-state index in [1.807, 2.05) is 5.43 Å². The molecule has 5 N–H and O–H groups in total. The summed E-state index contributed by atoms with van der Waals surface area (Å²) in [6.45, 7) is 0.958. The van der Waals surface area contributed by atoms with Gasteiger partial charge < -0.3 is 20.1 Å². The Kier molecular flexibility index (Phi) is 7.09. The fourth-order valence-corrected chi connectivity index (χ4v) is 2.45. The lowest BCUT2D eigenvalue weighted by Crippen LogP contribution is -2.29. The molecular weight excluding hydrogens is 391 g/mol. The van der Waals surface area contributed by atoms with Crippen LogP contribution in [0.15, 0.2) is 54.7 Å².